The molecule has 3 rings (SSSR count). The molecule has 0 saturated carbocycles. The van der Waals surface area contributed by atoms with E-state index in [4.69, 9.17) is 4.78 Å². The monoisotopic (exact) mass is 410 g/mol. The lowest BCUT2D eigenvalue weighted by Gasteiger charge is -2.17. The van der Waals surface area contributed by atoms with Crippen molar-refractivity contribution in [2.24, 2.45) is 0 Å². The third-order valence-electron chi connectivity index (χ3n) is 4.44. The van der Waals surface area contributed by atoms with Gasteiger partial charge in [0.1, 0.15) is 5.82 Å². The minimum Gasteiger partial charge on any atom is -0.440 e. The summed E-state index contributed by atoms with van der Waals surface area (Å²) >= 11 is 0. The van der Waals surface area contributed by atoms with Gasteiger partial charge in [0.25, 0.3) is 0 Å². The van der Waals surface area contributed by atoms with Gasteiger partial charge in [0.2, 0.25) is 5.95 Å². The van der Waals surface area contributed by atoms with E-state index in [0.29, 0.717) is 16.7 Å². The van der Waals surface area contributed by atoms with Crippen LogP contribution in [-0.2, 0) is 21.2 Å². The number of nitrogens with zero attached hydrogens (tertiary/aromatic N) is 2. The van der Waals surface area contributed by atoms with E-state index in [1.54, 1.807) is 30.5 Å². The molecule has 152 valence electrons. The van der Waals surface area contributed by atoms with Crippen molar-refractivity contribution in [3.63, 3.8) is 0 Å². The first-order chi connectivity index (χ1) is 14.0. The number of anilines is 3. The molecule has 0 spiro atoms. The fourth-order valence-corrected chi connectivity index (χ4v) is 3.14. The summed E-state index contributed by atoms with van der Waals surface area (Å²) < 4.78 is 18.5. The van der Waals surface area contributed by atoms with Gasteiger partial charge in [-0.15, -0.1) is 0 Å². The number of nitrogens with one attached hydrogen (secondary N) is 3. The van der Waals surface area contributed by atoms with Crippen LogP contribution in [0.4, 0.5) is 17.5 Å². The molecule has 29 heavy (non-hydrogen) atoms. The van der Waals surface area contributed by atoms with Gasteiger partial charge in [-0.3, -0.25) is 0 Å². The molecular formula is C21H24N5O2S-. The van der Waals surface area contributed by atoms with Crippen LogP contribution in [0.25, 0.3) is 11.1 Å². The summed E-state index contributed by atoms with van der Waals surface area (Å²) in [5.41, 5.74) is 3.81. The van der Waals surface area contributed by atoms with Crippen molar-refractivity contribution in [3.8, 4) is 11.1 Å². The average molecular weight is 411 g/mol. The van der Waals surface area contributed by atoms with Crippen LogP contribution in [-0.4, -0.2) is 27.7 Å². The molecule has 1 heterocycles. The van der Waals surface area contributed by atoms with Crippen LogP contribution in [0, 0.1) is 4.78 Å². The van der Waals surface area contributed by atoms with Crippen LogP contribution in [0.1, 0.15) is 19.4 Å². The van der Waals surface area contributed by atoms with Gasteiger partial charge in [-0.2, -0.15) is 15.6 Å². The Bertz CT molecular complexity index is 1030. The lowest BCUT2D eigenvalue weighted by molar-refractivity contribution is 0.281. The van der Waals surface area contributed by atoms with Crippen molar-refractivity contribution in [2.75, 3.05) is 17.2 Å². The predicted octanol–water partition coefficient (Wildman–Crippen LogP) is 4.33. The van der Waals surface area contributed by atoms with Crippen molar-refractivity contribution in [1.82, 2.24) is 9.97 Å². The van der Waals surface area contributed by atoms with E-state index in [0.717, 1.165) is 23.2 Å². The molecule has 2 aromatic carbocycles. The van der Waals surface area contributed by atoms with E-state index in [1.807, 2.05) is 19.1 Å². The number of aliphatic hydroxyl groups is 1. The van der Waals surface area contributed by atoms with E-state index in [9.17, 15) is 9.32 Å². The summed E-state index contributed by atoms with van der Waals surface area (Å²) in [5, 5.41) is 15.8. The van der Waals surface area contributed by atoms with E-state index in [1.165, 1.54) is 5.56 Å². The van der Waals surface area contributed by atoms with Gasteiger partial charge in [0.05, 0.1) is 6.61 Å². The zero-order chi connectivity index (χ0) is 20.8. The van der Waals surface area contributed by atoms with Gasteiger partial charge in [-0.1, -0.05) is 48.2 Å². The van der Waals surface area contributed by atoms with Crippen LogP contribution >= 0.6 is 0 Å². The average Bonchev–Trinajstić information content (AvgIpc) is 2.74. The Labute approximate surface area is 172 Å². The van der Waals surface area contributed by atoms with Crippen LogP contribution in [0.2, 0.25) is 0 Å². The predicted molar refractivity (Wildman–Crippen MR) is 116 cm³/mol. The van der Waals surface area contributed by atoms with E-state index >= 15 is 0 Å². The Hall–Kier alpha value is -2.97. The minimum atomic E-state index is -1.76. The highest BCUT2D eigenvalue weighted by molar-refractivity contribution is 7.73. The van der Waals surface area contributed by atoms with Crippen LogP contribution in [0.3, 0.4) is 0 Å². The number of hydrogen-bond donors (Lipinski definition) is 4. The maximum absolute atomic E-state index is 11.2. The highest BCUT2D eigenvalue weighted by Gasteiger charge is 2.12. The first-order valence-electron chi connectivity index (χ1n) is 9.34. The Balaban J connectivity index is 1.91. The summed E-state index contributed by atoms with van der Waals surface area (Å²) in [5.74, 6) is 1.02. The molecule has 0 fully saturated rings. The van der Waals surface area contributed by atoms with Crippen molar-refractivity contribution in [3.05, 3.63) is 60.3 Å². The molecular weight excluding hydrogens is 386 g/mol. The third kappa shape index (κ3) is 5.30. The molecule has 8 heteroatoms. The van der Waals surface area contributed by atoms with Gasteiger partial charge in [-0.05, 0) is 36.6 Å². The van der Waals surface area contributed by atoms with E-state index < -0.39 is 10.6 Å². The maximum Gasteiger partial charge on any atom is 0.229 e. The van der Waals surface area contributed by atoms with Gasteiger partial charge in [-0.25, -0.2) is 4.98 Å². The number of aliphatic hydroxyl groups excluding tert-OH is 1. The standard InChI is InChI=1S/C21H24N5O2S/c1-3-15-4-6-16(7-5-15)19-12-23-21(26-20(19)24-14(2)13-27)25-17-8-10-18(11-9-17)29(22)28/h4-12,14,22,27H,3,13H2,1-2H3,(H2,23,24,25,26)/q-1/t14-/m1/s1. The lowest BCUT2D eigenvalue weighted by Crippen LogP contribution is -2.21. The van der Waals surface area contributed by atoms with Crippen molar-refractivity contribution in [2.45, 2.75) is 31.2 Å². The minimum absolute atomic E-state index is 0.0211. The Kier molecular flexibility index (Phi) is 6.79. The SMILES string of the molecule is CCc1ccc(-c2cnc(Nc3ccc([S-](=N)=O)cc3)nc2N[C@H](C)CO)cc1. The fraction of sp³-hybridized carbons (Fsp3) is 0.238. The lowest BCUT2D eigenvalue weighted by atomic mass is 10.0. The molecule has 1 atom stereocenters. The number of hydrogen-bond acceptors (Lipinski definition) is 8. The topological polar surface area (TPSA) is 111 Å². The number of aromatic nitrogens is 2. The molecule has 0 aliphatic carbocycles. The molecule has 1 aromatic heterocycles. The second kappa shape index (κ2) is 9.49. The molecule has 0 aliphatic rings. The molecule has 4 N–H and O–H groups in total. The van der Waals surface area contributed by atoms with E-state index in [2.05, 4.69) is 39.7 Å². The van der Waals surface area contributed by atoms with Crippen molar-refractivity contribution >= 4 is 28.0 Å². The van der Waals surface area contributed by atoms with Crippen LogP contribution in [0.15, 0.2) is 59.6 Å². The van der Waals surface area contributed by atoms with Crippen LogP contribution < -0.4 is 10.6 Å². The highest BCUT2D eigenvalue weighted by atomic mass is 32.2. The summed E-state index contributed by atoms with van der Waals surface area (Å²) in [6.07, 6.45) is 2.72. The van der Waals surface area contributed by atoms with Gasteiger partial charge in [0.15, 0.2) is 0 Å². The largest absolute Gasteiger partial charge is 0.440 e. The second-order valence-corrected chi connectivity index (χ2v) is 7.66. The van der Waals surface area contributed by atoms with Gasteiger partial charge < -0.3 is 24.7 Å². The fourth-order valence-electron chi connectivity index (χ4n) is 2.75. The Morgan fingerprint density at radius 3 is 2.41 bits per heavy atom. The van der Waals surface area contributed by atoms with Gasteiger partial charge >= 0.3 is 0 Å². The first-order valence-corrected chi connectivity index (χ1v) is 10.5. The third-order valence-corrected chi connectivity index (χ3v) is 5.14. The number of benzene rings is 2. The highest BCUT2D eigenvalue weighted by Crippen LogP contribution is 2.28. The second-order valence-electron chi connectivity index (χ2n) is 6.65. The number of rotatable bonds is 8. The maximum atomic E-state index is 11.2. The summed E-state index contributed by atoms with van der Waals surface area (Å²) in [6, 6.07) is 14.8. The molecule has 0 saturated heterocycles. The molecule has 3 aromatic rings. The summed E-state index contributed by atoms with van der Waals surface area (Å²) in [7, 11) is -1.76. The van der Waals surface area contributed by atoms with Crippen molar-refractivity contribution < 1.29 is 9.32 Å². The Morgan fingerprint density at radius 1 is 1.14 bits per heavy atom. The quantitative estimate of drug-likeness (QED) is 0.411. The molecule has 0 radical (unpaired) electrons. The normalized spacial score (nSPS) is 12.0. The molecule has 0 unspecified atom stereocenters. The number of aryl methyl sites for hydroxylation is 1. The summed E-state index contributed by atoms with van der Waals surface area (Å²) in [4.78, 5) is 9.45. The zero-order valence-corrected chi connectivity index (χ0v) is 17.2. The smallest absolute Gasteiger partial charge is 0.229 e. The van der Waals surface area contributed by atoms with E-state index in [-0.39, 0.29) is 12.6 Å². The van der Waals surface area contributed by atoms with Gasteiger partial charge in [0, 0.05) is 23.5 Å². The molecule has 7 nitrogen and oxygen atoms in total. The summed E-state index contributed by atoms with van der Waals surface area (Å²) in [6.45, 7) is 3.97. The van der Waals surface area contributed by atoms with Crippen LogP contribution in [0.5, 0.6) is 0 Å². The molecule has 0 aliphatic heterocycles. The molecule has 0 amide bonds. The zero-order valence-electron chi connectivity index (χ0n) is 16.3. The first kappa shape index (κ1) is 20.8. The van der Waals surface area contributed by atoms with Crippen molar-refractivity contribution in [1.29, 1.82) is 4.78 Å². The Morgan fingerprint density at radius 2 is 1.83 bits per heavy atom. The molecule has 0 bridgehead atoms.